The molecule has 3 heteroatoms. The Labute approximate surface area is 90.2 Å². The Kier molecular flexibility index (Phi) is 3.65. The maximum atomic E-state index is 5.12. The molecule has 0 aliphatic heterocycles. The molecule has 0 unspecified atom stereocenters. The van der Waals surface area contributed by atoms with Crippen molar-refractivity contribution >= 4 is 29.1 Å². The summed E-state index contributed by atoms with van der Waals surface area (Å²) in [7, 11) is 3.82. The summed E-state index contributed by atoms with van der Waals surface area (Å²) in [5.74, 6) is 0. The molecule has 0 radical (unpaired) electrons. The van der Waals surface area contributed by atoms with Crippen LogP contribution in [0.4, 0.5) is 5.69 Å². The molecule has 0 aliphatic rings. The zero-order valence-electron chi connectivity index (χ0n) is 8.45. The van der Waals surface area contributed by atoms with Gasteiger partial charge >= 0.3 is 0 Å². The van der Waals surface area contributed by atoms with Crippen molar-refractivity contribution in [2.45, 2.75) is 0 Å². The van der Waals surface area contributed by atoms with Crippen LogP contribution in [0.25, 0.3) is 6.08 Å². The summed E-state index contributed by atoms with van der Waals surface area (Å²) in [5, 5.41) is 3.82. The third-order valence-corrected chi connectivity index (χ3v) is 2.27. The van der Waals surface area contributed by atoms with Crippen molar-refractivity contribution in [3.8, 4) is 0 Å². The number of hydrogen-bond donors (Lipinski definition) is 1. The first-order chi connectivity index (χ1) is 6.63. The molecule has 1 rings (SSSR count). The fourth-order valence-corrected chi connectivity index (χ4v) is 1.06. The Morgan fingerprint density at radius 2 is 1.93 bits per heavy atom. The molecule has 0 bridgehead atoms. The van der Waals surface area contributed by atoms with Gasteiger partial charge in [0.1, 0.15) is 0 Å². The molecule has 0 heterocycles. The molecule has 0 amide bonds. The normalized spacial score (nSPS) is 9.29. The molecular weight excluding hydrogens is 192 g/mol. The van der Waals surface area contributed by atoms with Crippen LogP contribution >= 0.6 is 12.2 Å². The van der Waals surface area contributed by atoms with Gasteiger partial charge in [0.2, 0.25) is 0 Å². The van der Waals surface area contributed by atoms with Gasteiger partial charge in [-0.3, -0.25) is 0 Å². The Morgan fingerprint density at radius 1 is 1.36 bits per heavy atom. The molecule has 0 saturated heterocycles. The van der Waals surface area contributed by atoms with Gasteiger partial charge in [0.05, 0.1) is 0 Å². The summed E-state index contributed by atoms with van der Waals surface area (Å²) < 4.78 is 0. The Balaban J connectivity index is 2.69. The lowest BCUT2D eigenvalue weighted by Crippen LogP contribution is -2.26. The molecule has 0 aromatic heterocycles. The van der Waals surface area contributed by atoms with Crippen LogP contribution in [0.5, 0.6) is 0 Å². The minimum absolute atomic E-state index is 0.705. The number of anilines is 1. The van der Waals surface area contributed by atoms with Crippen LogP contribution in [0.2, 0.25) is 0 Å². The number of benzene rings is 1. The third kappa shape index (κ3) is 2.85. The summed E-state index contributed by atoms with van der Waals surface area (Å²) in [5.41, 5.74) is 2.10. The molecule has 0 aliphatic carbocycles. The fourth-order valence-electron chi connectivity index (χ4n) is 0.938. The average Bonchev–Trinajstić information content (AvgIpc) is 2.19. The van der Waals surface area contributed by atoms with E-state index in [1.54, 1.807) is 0 Å². The van der Waals surface area contributed by atoms with Gasteiger partial charge in [-0.15, -0.1) is 0 Å². The van der Waals surface area contributed by atoms with Crippen LogP contribution in [-0.2, 0) is 0 Å². The van der Waals surface area contributed by atoms with E-state index in [9.17, 15) is 0 Å². The number of nitrogens with one attached hydrogen (secondary N) is 1. The van der Waals surface area contributed by atoms with Crippen LogP contribution in [0, 0.1) is 0 Å². The first-order valence-corrected chi connectivity index (χ1v) is 4.75. The van der Waals surface area contributed by atoms with Crippen molar-refractivity contribution in [2.75, 3.05) is 19.4 Å². The van der Waals surface area contributed by atoms with Crippen LogP contribution in [-0.4, -0.2) is 24.1 Å². The quantitative estimate of drug-likeness (QED) is 0.749. The van der Waals surface area contributed by atoms with E-state index in [0.29, 0.717) is 5.11 Å². The number of thiocarbonyl (C=S) groups is 1. The highest BCUT2D eigenvalue weighted by atomic mass is 32.1. The summed E-state index contributed by atoms with van der Waals surface area (Å²) in [6.45, 7) is 3.70. The van der Waals surface area contributed by atoms with Crippen molar-refractivity contribution in [1.82, 2.24) is 4.90 Å². The van der Waals surface area contributed by atoms with Crippen LogP contribution in [0.15, 0.2) is 30.8 Å². The second kappa shape index (κ2) is 4.77. The fraction of sp³-hybridized carbons (Fsp3) is 0.182. The predicted octanol–water partition coefficient (Wildman–Crippen LogP) is 2.59. The SMILES string of the molecule is C=Cc1ccc(NC(=S)N(C)C)cc1. The number of hydrogen-bond acceptors (Lipinski definition) is 1. The zero-order chi connectivity index (χ0) is 10.6. The summed E-state index contributed by atoms with van der Waals surface area (Å²) in [4.78, 5) is 1.86. The Morgan fingerprint density at radius 3 is 2.36 bits per heavy atom. The van der Waals surface area contributed by atoms with Crippen molar-refractivity contribution in [2.24, 2.45) is 0 Å². The minimum atomic E-state index is 0.705. The molecule has 0 spiro atoms. The van der Waals surface area contributed by atoms with Crippen LogP contribution < -0.4 is 5.32 Å². The van der Waals surface area contributed by atoms with E-state index in [1.807, 2.05) is 49.3 Å². The highest BCUT2D eigenvalue weighted by molar-refractivity contribution is 7.80. The standard InChI is InChI=1S/C11H14N2S/c1-4-9-5-7-10(8-6-9)12-11(14)13(2)3/h4-8H,1H2,2-3H3,(H,12,14). The number of rotatable bonds is 2. The molecule has 1 aromatic carbocycles. The smallest absolute Gasteiger partial charge is 0.172 e. The second-order valence-corrected chi connectivity index (χ2v) is 3.54. The lowest BCUT2D eigenvalue weighted by molar-refractivity contribution is 0.634. The van der Waals surface area contributed by atoms with Gasteiger partial charge < -0.3 is 10.2 Å². The van der Waals surface area contributed by atoms with Gasteiger partial charge in [-0.25, -0.2) is 0 Å². The van der Waals surface area contributed by atoms with E-state index in [4.69, 9.17) is 12.2 Å². The van der Waals surface area contributed by atoms with E-state index in [-0.39, 0.29) is 0 Å². The van der Waals surface area contributed by atoms with Crippen LogP contribution in [0.1, 0.15) is 5.56 Å². The van der Waals surface area contributed by atoms with Crippen molar-refractivity contribution in [1.29, 1.82) is 0 Å². The summed E-state index contributed by atoms with van der Waals surface area (Å²) in [6, 6.07) is 7.95. The topological polar surface area (TPSA) is 15.3 Å². The number of nitrogens with zero attached hydrogens (tertiary/aromatic N) is 1. The van der Waals surface area contributed by atoms with Gasteiger partial charge in [-0.2, -0.15) is 0 Å². The maximum absolute atomic E-state index is 5.12. The van der Waals surface area contributed by atoms with Gasteiger partial charge in [0.25, 0.3) is 0 Å². The predicted molar refractivity (Wildman–Crippen MR) is 66.4 cm³/mol. The van der Waals surface area contributed by atoms with Gasteiger partial charge in [0.15, 0.2) is 5.11 Å². The van der Waals surface area contributed by atoms with E-state index in [1.165, 1.54) is 0 Å². The van der Waals surface area contributed by atoms with Crippen molar-refractivity contribution in [3.63, 3.8) is 0 Å². The second-order valence-electron chi connectivity index (χ2n) is 3.15. The monoisotopic (exact) mass is 206 g/mol. The first kappa shape index (κ1) is 10.7. The molecule has 74 valence electrons. The molecule has 14 heavy (non-hydrogen) atoms. The van der Waals surface area contributed by atoms with Crippen molar-refractivity contribution < 1.29 is 0 Å². The van der Waals surface area contributed by atoms with E-state index >= 15 is 0 Å². The van der Waals surface area contributed by atoms with E-state index < -0.39 is 0 Å². The summed E-state index contributed by atoms with van der Waals surface area (Å²) in [6.07, 6.45) is 1.81. The van der Waals surface area contributed by atoms with E-state index in [2.05, 4.69) is 11.9 Å². The van der Waals surface area contributed by atoms with Gasteiger partial charge in [-0.1, -0.05) is 24.8 Å². The largest absolute Gasteiger partial charge is 0.355 e. The van der Waals surface area contributed by atoms with Crippen LogP contribution in [0.3, 0.4) is 0 Å². The maximum Gasteiger partial charge on any atom is 0.172 e. The molecular formula is C11H14N2S. The molecule has 0 atom stereocenters. The third-order valence-electron chi connectivity index (χ3n) is 1.80. The average molecular weight is 206 g/mol. The van der Waals surface area contributed by atoms with Crippen molar-refractivity contribution in [3.05, 3.63) is 36.4 Å². The lowest BCUT2D eigenvalue weighted by Gasteiger charge is -2.15. The highest BCUT2D eigenvalue weighted by Crippen LogP contribution is 2.10. The Bertz CT molecular complexity index is 328. The molecule has 1 aromatic rings. The first-order valence-electron chi connectivity index (χ1n) is 4.34. The van der Waals surface area contributed by atoms with E-state index in [0.717, 1.165) is 11.3 Å². The Hall–Kier alpha value is -1.35. The molecule has 0 fully saturated rings. The zero-order valence-corrected chi connectivity index (χ0v) is 9.27. The van der Waals surface area contributed by atoms with Gasteiger partial charge in [0, 0.05) is 19.8 Å². The minimum Gasteiger partial charge on any atom is -0.355 e. The lowest BCUT2D eigenvalue weighted by atomic mass is 10.2. The highest BCUT2D eigenvalue weighted by Gasteiger charge is 1.98. The summed E-state index contributed by atoms with van der Waals surface area (Å²) >= 11 is 5.12. The molecule has 2 nitrogen and oxygen atoms in total. The van der Waals surface area contributed by atoms with Gasteiger partial charge in [-0.05, 0) is 29.9 Å². The molecule has 1 N–H and O–H groups in total. The molecule has 0 saturated carbocycles.